The lowest BCUT2D eigenvalue weighted by molar-refractivity contribution is -0.168. The molecule has 1 saturated heterocycles. The molecule has 0 bridgehead atoms. The number of hydrogen-bond acceptors (Lipinski definition) is 4. The van der Waals surface area contributed by atoms with E-state index in [9.17, 15) is 0 Å². The first kappa shape index (κ1) is 13.1. The van der Waals surface area contributed by atoms with Crippen LogP contribution in [-0.2, 0) is 14.3 Å². The Morgan fingerprint density at radius 3 is 2.89 bits per heavy atom. The summed E-state index contributed by atoms with van der Waals surface area (Å²) >= 11 is 0. The zero-order chi connectivity index (χ0) is 12.5. The predicted octanol–water partition coefficient (Wildman–Crippen LogP) is 2.58. The van der Waals surface area contributed by atoms with Crippen LogP contribution in [0.5, 0.6) is 0 Å². The van der Waals surface area contributed by atoms with E-state index in [-0.39, 0.29) is 6.29 Å². The summed E-state index contributed by atoms with van der Waals surface area (Å²) in [4.78, 5) is 5.12. The van der Waals surface area contributed by atoms with Gasteiger partial charge in [-0.1, -0.05) is 35.5 Å². The quantitative estimate of drug-likeness (QED) is 0.442. The van der Waals surface area contributed by atoms with Gasteiger partial charge in [-0.2, -0.15) is 0 Å². The molecule has 1 unspecified atom stereocenters. The van der Waals surface area contributed by atoms with Crippen LogP contribution >= 0.6 is 0 Å². The van der Waals surface area contributed by atoms with E-state index in [1.54, 1.807) is 6.21 Å². The topological polar surface area (TPSA) is 40.0 Å². The smallest absolute Gasteiger partial charge is 0.157 e. The van der Waals surface area contributed by atoms with Crippen LogP contribution < -0.4 is 0 Å². The summed E-state index contributed by atoms with van der Waals surface area (Å²) in [5.41, 5.74) is 1.02. The van der Waals surface area contributed by atoms with Crippen molar-refractivity contribution < 1.29 is 14.3 Å². The van der Waals surface area contributed by atoms with E-state index in [0.717, 1.165) is 25.0 Å². The standard InChI is InChI=1S/C14H19NO3/c1-2-6-13(7-3-1)12-15-18-11-10-17-14-8-4-5-9-16-14/h1-3,6-7,12,14H,4-5,8-11H2/b15-12+. The van der Waals surface area contributed by atoms with Crippen molar-refractivity contribution in [3.8, 4) is 0 Å². The predicted molar refractivity (Wildman–Crippen MR) is 69.5 cm³/mol. The van der Waals surface area contributed by atoms with Gasteiger partial charge in [-0.25, -0.2) is 0 Å². The molecule has 0 amide bonds. The Morgan fingerprint density at radius 1 is 1.22 bits per heavy atom. The summed E-state index contributed by atoms with van der Waals surface area (Å²) in [6.45, 7) is 1.76. The maximum atomic E-state index is 5.51. The lowest BCUT2D eigenvalue weighted by Crippen LogP contribution is -2.23. The molecule has 1 fully saturated rings. The van der Waals surface area contributed by atoms with Crippen LogP contribution in [0.3, 0.4) is 0 Å². The van der Waals surface area contributed by atoms with Crippen molar-refractivity contribution in [2.75, 3.05) is 19.8 Å². The molecular formula is C14H19NO3. The first-order valence-corrected chi connectivity index (χ1v) is 6.39. The minimum Gasteiger partial charge on any atom is -0.393 e. The van der Waals surface area contributed by atoms with Gasteiger partial charge < -0.3 is 14.3 Å². The average molecular weight is 249 g/mol. The zero-order valence-electron chi connectivity index (χ0n) is 10.5. The normalized spacial score (nSPS) is 20.1. The molecule has 1 atom stereocenters. The highest BCUT2D eigenvalue weighted by Gasteiger charge is 2.13. The maximum absolute atomic E-state index is 5.51. The third-order valence-corrected chi connectivity index (χ3v) is 2.69. The fourth-order valence-corrected chi connectivity index (χ4v) is 1.75. The largest absolute Gasteiger partial charge is 0.393 e. The Kier molecular flexibility index (Phi) is 5.69. The molecule has 1 aliphatic rings. The highest BCUT2D eigenvalue weighted by molar-refractivity contribution is 5.78. The van der Waals surface area contributed by atoms with Crippen LogP contribution in [0, 0.1) is 0 Å². The number of oxime groups is 1. The molecule has 0 spiro atoms. The monoisotopic (exact) mass is 249 g/mol. The van der Waals surface area contributed by atoms with Gasteiger partial charge >= 0.3 is 0 Å². The van der Waals surface area contributed by atoms with Crippen molar-refractivity contribution in [2.24, 2.45) is 5.16 Å². The third-order valence-electron chi connectivity index (χ3n) is 2.69. The zero-order valence-corrected chi connectivity index (χ0v) is 10.5. The SMILES string of the molecule is C(=N\OCCOC1CCCCO1)/c1ccccc1. The number of ether oxygens (including phenoxy) is 2. The summed E-state index contributed by atoms with van der Waals surface area (Å²) in [5.74, 6) is 0. The molecule has 0 aromatic heterocycles. The van der Waals surface area contributed by atoms with E-state index in [2.05, 4.69) is 5.16 Å². The number of rotatable bonds is 6. The van der Waals surface area contributed by atoms with E-state index < -0.39 is 0 Å². The van der Waals surface area contributed by atoms with E-state index in [0.29, 0.717) is 13.2 Å². The van der Waals surface area contributed by atoms with E-state index >= 15 is 0 Å². The molecule has 1 heterocycles. The van der Waals surface area contributed by atoms with Crippen molar-refractivity contribution in [1.29, 1.82) is 0 Å². The van der Waals surface area contributed by atoms with Gasteiger partial charge in [-0.3, -0.25) is 0 Å². The van der Waals surface area contributed by atoms with Crippen molar-refractivity contribution >= 4 is 6.21 Å². The second-order valence-corrected chi connectivity index (χ2v) is 4.15. The first-order chi connectivity index (χ1) is 8.95. The summed E-state index contributed by atoms with van der Waals surface area (Å²) in [6, 6.07) is 9.84. The minimum absolute atomic E-state index is 0.0551. The third kappa shape index (κ3) is 4.85. The van der Waals surface area contributed by atoms with Crippen LogP contribution in [0.4, 0.5) is 0 Å². The number of hydrogen-bond donors (Lipinski definition) is 0. The van der Waals surface area contributed by atoms with Gasteiger partial charge in [-0.05, 0) is 24.8 Å². The lowest BCUT2D eigenvalue weighted by atomic mass is 10.2. The average Bonchev–Trinajstić information content (AvgIpc) is 2.45. The molecule has 1 aromatic rings. The van der Waals surface area contributed by atoms with E-state index in [1.165, 1.54) is 6.42 Å². The molecule has 1 aromatic carbocycles. The number of nitrogens with zero attached hydrogens (tertiary/aromatic N) is 1. The summed E-state index contributed by atoms with van der Waals surface area (Å²) in [6.07, 6.45) is 4.93. The van der Waals surface area contributed by atoms with Crippen molar-refractivity contribution in [3.63, 3.8) is 0 Å². The Bertz CT molecular complexity index is 347. The van der Waals surface area contributed by atoms with Gasteiger partial charge in [0.2, 0.25) is 0 Å². The molecule has 0 saturated carbocycles. The summed E-state index contributed by atoms with van der Waals surface area (Å²) in [5, 5.41) is 3.88. The fraction of sp³-hybridized carbons (Fsp3) is 0.500. The van der Waals surface area contributed by atoms with Crippen molar-refractivity contribution in [3.05, 3.63) is 35.9 Å². The lowest BCUT2D eigenvalue weighted by Gasteiger charge is -2.22. The second kappa shape index (κ2) is 7.84. The van der Waals surface area contributed by atoms with Crippen LogP contribution in [0.2, 0.25) is 0 Å². The van der Waals surface area contributed by atoms with E-state index in [4.69, 9.17) is 14.3 Å². The molecule has 1 aliphatic heterocycles. The maximum Gasteiger partial charge on any atom is 0.157 e. The van der Waals surface area contributed by atoms with Crippen molar-refractivity contribution in [2.45, 2.75) is 25.6 Å². The Hall–Kier alpha value is -1.39. The molecule has 18 heavy (non-hydrogen) atoms. The van der Waals surface area contributed by atoms with Gasteiger partial charge in [0.05, 0.1) is 12.8 Å². The van der Waals surface area contributed by atoms with Gasteiger partial charge in [0, 0.05) is 6.61 Å². The highest BCUT2D eigenvalue weighted by atomic mass is 16.7. The number of benzene rings is 1. The van der Waals surface area contributed by atoms with E-state index in [1.807, 2.05) is 30.3 Å². The highest BCUT2D eigenvalue weighted by Crippen LogP contribution is 2.13. The Balaban J connectivity index is 1.54. The van der Waals surface area contributed by atoms with Crippen molar-refractivity contribution in [1.82, 2.24) is 0 Å². The summed E-state index contributed by atoms with van der Waals surface area (Å²) in [7, 11) is 0. The Labute approximate surface area is 108 Å². The molecule has 0 radical (unpaired) electrons. The van der Waals surface area contributed by atoms with Crippen LogP contribution in [0.25, 0.3) is 0 Å². The first-order valence-electron chi connectivity index (χ1n) is 6.39. The van der Waals surface area contributed by atoms with Crippen LogP contribution in [-0.4, -0.2) is 32.3 Å². The van der Waals surface area contributed by atoms with Gasteiger partial charge in [0.1, 0.15) is 6.61 Å². The summed E-state index contributed by atoms with van der Waals surface area (Å²) < 4.78 is 11.0. The Morgan fingerprint density at radius 2 is 2.11 bits per heavy atom. The molecular weight excluding hydrogens is 230 g/mol. The fourth-order valence-electron chi connectivity index (χ4n) is 1.75. The second-order valence-electron chi connectivity index (χ2n) is 4.15. The van der Waals surface area contributed by atoms with Crippen LogP contribution in [0.1, 0.15) is 24.8 Å². The molecule has 0 aliphatic carbocycles. The molecule has 98 valence electrons. The van der Waals surface area contributed by atoms with Gasteiger partial charge in [0.25, 0.3) is 0 Å². The molecule has 4 heteroatoms. The minimum atomic E-state index is -0.0551. The molecule has 2 rings (SSSR count). The van der Waals surface area contributed by atoms with Crippen LogP contribution in [0.15, 0.2) is 35.5 Å². The molecule has 4 nitrogen and oxygen atoms in total. The van der Waals surface area contributed by atoms with Gasteiger partial charge in [0.15, 0.2) is 6.29 Å². The molecule has 0 N–H and O–H groups in total. The van der Waals surface area contributed by atoms with Gasteiger partial charge in [-0.15, -0.1) is 0 Å².